The first kappa shape index (κ1) is 30.2. The van der Waals surface area contributed by atoms with E-state index in [0.29, 0.717) is 5.92 Å². The molecule has 7 aromatic carbocycles. The molecule has 242 valence electrons. The average Bonchev–Trinajstić information content (AvgIpc) is 3.63. The normalized spacial score (nSPS) is 13.1. The van der Waals surface area contributed by atoms with Crippen molar-refractivity contribution in [1.82, 2.24) is 0 Å². The van der Waals surface area contributed by atoms with Crippen LogP contribution in [-0.4, -0.2) is 0 Å². The first-order chi connectivity index (χ1) is 24.4. The van der Waals surface area contributed by atoms with Gasteiger partial charge in [-0.05, 0) is 98.5 Å². The molecule has 1 heterocycles. The van der Waals surface area contributed by atoms with Gasteiger partial charge in [0.1, 0.15) is 11.2 Å². The lowest BCUT2D eigenvalue weighted by Crippen LogP contribution is -2.17. The van der Waals surface area contributed by atoms with Crippen LogP contribution in [0.4, 0.5) is 17.1 Å². The summed E-state index contributed by atoms with van der Waals surface area (Å²) >= 11 is 0. The molecule has 0 fully saturated rings. The van der Waals surface area contributed by atoms with Gasteiger partial charge in [0.05, 0.1) is 0 Å². The predicted molar refractivity (Wildman–Crippen MR) is 211 cm³/mol. The van der Waals surface area contributed by atoms with Gasteiger partial charge in [-0.3, -0.25) is 0 Å². The number of fused-ring (bicyclic) bond motifs is 6. The molecule has 0 saturated carbocycles. The van der Waals surface area contributed by atoms with E-state index in [-0.39, 0.29) is 5.41 Å². The number of nitrogens with zero attached hydrogens (tertiary/aromatic N) is 1. The lowest BCUT2D eigenvalue weighted by atomic mass is 9.82. The smallest absolute Gasteiger partial charge is 0.137 e. The molecule has 1 aromatic heterocycles. The summed E-state index contributed by atoms with van der Waals surface area (Å²) in [7, 11) is 0. The Balaban J connectivity index is 1.20. The van der Waals surface area contributed by atoms with Crippen molar-refractivity contribution < 1.29 is 4.42 Å². The topological polar surface area (TPSA) is 16.4 Å². The third-order valence-corrected chi connectivity index (χ3v) is 10.7. The molecule has 1 aliphatic rings. The second-order valence-corrected chi connectivity index (χ2v) is 14.4. The number of para-hydroxylation sites is 1. The van der Waals surface area contributed by atoms with Crippen LogP contribution in [0.15, 0.2) is 162 Å². The van der Waals surface area contributed by atoms with E-state index in [2.05, 4.69) is 184 Å². The fourth-order valence-electron chi connectivity index (χ4n) is 8.00. The first-order valence-corrected chi connectivity index (χ1v) is 17.6. The highest BCUT2D eigenvalue weighted by atomic mass is 16.3. The van der Waals surface area contributed by atoms with E-state index >= 15 is 0 Å². The summed E-state index contributed by atoms with van der Waals surface area (Å²) in [6.45, 7) is 9.29. The Morgan fingerprint density at radius 3 is 1.88 bits per heavy atom. The van der Waals surface area contributed by atoms with Gasteiger partial charge in [-0.1, -0.05) is 137 Å². The van der Waals surface area contributed by atoms with Crippen LogP contribution in [0.25, 0.3) is 55.3 Å². The molecule has 50 heavy (non-hydrogen) atoms. The Hall–Kier alpha value is -5.86. The number of benzene rings is 7. The van der Waals surface area contributed by atoms with Crippen molar-refractivity contribution in [3.8, 4) is 33.4 Å². The molecular formula is C48H39NO. The SMILES string of the molecule is CC(C)c1cc(-c2ccc(-c3ccccc3)cc2)ccc1N(c1ccc2c(c1)C(C)(C)c1ccccc1-2)c1ccc2c(c1)oc1ccccc12. The molecule has 0 bridgehead atoms. The predicted octanol–water partition coefficient (Wildman–Crippen LogP) is 13.8. The number of rotatable bonds is 6. The summed E-state index contributed by atoms with van der Waals surface area (Å²) in [5.41, 5.74) is 16.7. The summed E-state index contributed by atoms with van der Waals surface area (Å²) in [5.74, 6) is 0.293. The molecule has 8 aromatic rings. The van der Waals surface area contributed by atoms with Crippen LogP contribution in [0.2, 0.25) is 0 Å². The Morgan fingerprint density at radius 2 is 1.08 bits per heavy atom. The molecule has 0 aliphatic heterocycles. The minimum atomic E-state index is -0.104. The second-order valence-electron chi connectivity index (χ2n) is 14.4. The fraction of sp³-hybridized carbons (Fsp3) is 0.125. The van der Waals surface area contributed by atoms with E-state index in [4.69, 9.17) is 4.42 Å². The third-order valence-electron chi connectivity index (χ3n) is 10.7. The minimum Gasteiger partial charge on any atom is -0.456 e. The maximum absolute atomic E-state index is 6.43. The van der Waals surface area contributed by atoms with Crippen LogP contribution < -0.4 is 4.90 Å². The van der Waals surface area contributed by atoms with Gasteiger partial charge in [-0.25, -0.2) is 0 Å². The quantitative estimate of drug-likeness (QED) is 0.179. The maximum atomic E-state index is 6.43. The third kappa shape index (κ3) is 4.86. The van der Waals surface area contributed by atoms with Crippen LogP contribution in [-0.2, 0) is 5.41 Å². The van der Waals surface area contributed by atoms with Crippen molar-refractivity contribution in [2.45, 2.75) is 39.0 Å². The molecule has 0 unspecified atom stereocenters. The summed E-state index contributed by atoms with van der Waals surface area (Å²) in [6, 6.07) is 57.4. The molecule has 0 radical (unpaired) electrons. The van der Waals surface area contributed by atoms with Crippen molar-refractivity contribution >= 4 is 39.0 Å². The van der Waals surface area contributed by atoms with Crippen molar-refractivity contribution in [1.29, 1.82) is 0 Å². The van der Waals surface area contributed by atoms with Gasteiger partial charge >= 0.3 is 0 Å². The van der Waals surface area contributed by atoms with E-state index in [9.17, 15) is 0 Å². The van der Waals surface area contributed by atoms with Crippen LogP contribution in [0.1, 0.15) is 50.3 Å². The Bertz CT molecular complexity index is 2540. The molecule has 2 heteroatoms. The zero-order valence-electron chi connectivity index (χ0n) is 28.9. The highest BCUT2D eigenvalue weighted by molar-refractivity contribution is 6.06. The Morgan fingerprint density at radius 1 is 0.480 bits per heavy atom. The van der Waals surface area contributed by atoms with E-state index in [1.165, 1.54) is 55.8 Å². The van der Waals surface area contributed by atoms with E-state index in [1.807, 2.05) is 6.07 Å². The van der Waals surface area contributed by atoms with Crippen LogP contribution in [0.5, 0.6) is 0 Å². The van der Waals surface area contributed by atoms with Gasteiger partial charge < -0.3 is 9.32 Å². The summed E-state index contributed by atoms with van der Waals surface area (Å²) < 4.78 is 6.43. The number of furan rings is 1. The molecule has 0 atom stereocenters. The van der Waals surface area contributed by atoms with Gasteiger partial charge in [0, 0.05) is 39.3 Å². The minimum absolute atomic E-state index is 0.104. The highest BCUT2D eigenvalue weighted by Crippen LogP contribution is 2.51. The van der Waals surface area contributed by atoms with Gasteiger partial charge in [-0.2, -0.15) is 0 Å². The number of hydrogen-bond acceptors (Lipinski definition) is 2. The molecule has 0 saturated heterocycles. The standard InChI is InChI=1S/C48H39NO/c1-31(2)42-28-35(34-20-18-33(19-21-34)32-12-6-5-7-13-32)22-27-45(42)49(37-24-26-41-40-15-9-11-17-46(40)50-47(41)30-37)36-23-25-39-38-14-8-10-16-43(38)48(3,4)44(39)29-36/h5-31H,1-4H3. The summed E-state index contributed by atoms with van der Waals surface area (Å²) in [4.78, 5) is 2.43. The van der Waals surface area contributed by atoms with E-state index < -0.39 is 0 Å². The summed E-state index contributed by atoms with van der Waals surface area (Å²) in [6.07, 6.45) is 0. The molecule has 9 rings (SSSR count). The van der Waals surface area contributed by atoms with Crippen molar-refractivity contribution in [2.75, 3.05) is 4.90 Å². The van der Waals surface area contributed by atoms with Gasteiger partial charge in [0.15, 0.2) is 0 Å². The lowest BCUT2D eigenvalue weighted by molar-refractivity contribution is 0.660. The van der Waals surface area contributed by atoms with E-state index in [0.717, 1.165) is 33.3 Å². The fourth-order valence-corrected chi connectivity index (χ4v) is 8.00. The molecular weight excluding hydrogens is 607 g/mol. The van der Waals surface area contributed by atoms with Crippen molar-refractivity contribution in [3.63, 3.8) is 0 Å². The lowest BCUT2D eigenvalue weighted by Gasteiger charge is -2.31. The first-order valence-electron chi connectivity index (χ1n) is 17.6. The van der Waals surface area contributed by atoms with Gasteiger partial charge in [0.2, 0.25) is 0 Å². The monoisotopic (exact) mass is 645 g/mol. The van der Waals surface area contributed by atoms with Gasteiger partial charge in [0.25, 0.3) is 0 Å². The van der Waals surface area contributed by atoms with Crippen LogP contribution >= 0.6 is 0 Å². The van der Waals surface area contributed by atoms with Gasteiger partial charge in [-0.15, -0.1) is 0 Å². The van der Waals surface area contributed by atoms with Crippen LogP contribution in [0, 0.1) is 0 Å². The Kier molecular flexibility index (Phi) is 7.03. The zero-order valence-corrected chi connectivity index (χ0v) is 28.9. The molecule has 0 spiro atoms. The highest BCUT2D eigenvalue weighted by Gasteiger charge is 2.36. The van der Waals surface area contributed by atoms with Crippen molar-refractivity contribution in [3.05, 3.63) is 174 Å². The molecule has 0 N–H and O–H groups in total. The largest absolute Gasteiger partial charge is 0.456 e. The average molecular weight is 646 g/mol. The Labute approximate surface area is 294 Å². The number of anilines is 3. The second kappa shape index (κ2) is 11.6. The maximum Gasteiger partial charge on any atom is 0.137 e. The number of hydrogen-bond donors (Lipinski definition) is 0. The van der Waals surface area contributed by atoms with Crippen molar-refractivity contribution in [2.24, 2.45) is 0 Å². The molecule has 2 nitrogen and oxygen atoms in total. The molecule has 0 amide bonds. The van der Waals surface area contributed by atoms with E-state index in [1.54, 1.807) is 0 Å². The molecule has 1 aliphatic carbocycles. The van der Waals surface area contributed by atoms with Crippen LogP contribution in [0.3, 0.4) is 0 Å². The zero-order chi connectivity index (χ0) is 34.0. The summed E-state index contributed by atoms with van der Waals surface area (Å²) in [5, 5.41) is 2.27.